The first kappa shape index (κ1) is 26.4. The summed E-state index contributed by atoms with van der Waals surface area (Å²) in [5, 5.41) is 3.32. The van der Waals surface area contributed by atoms with E-state index in [9.17, 15) is 8.42 Å². The number of aromatic amines is 2. The Labute approximate surface area is 205 Å². The molecule has 0 aliphatic carbocycles. The van der Waals surface area contributed by atoms with E-state index in [4.69, 9.17) is 70.1 Å². The van der Waals surface area contributed by atoms with Crippen LogP contribution in [0.3, 0.4) is 0 Å². The van der Waals surface area contributed by atoms with E-state index in [-0.39, 0.29) is 9.92 Å². The second kappa shape index (κ2) is 10.4. The first-order valence-corrected chi connectivity index (χ1v) is 13.8. The quantitative estimate of drug-likeness (QED) is 0.165. The third-order valence-corrected chi connectivity index (χ3v) is 6.56. The van der Waals surface area contributed by atoms with Crippen LogP contribution < -0.4 is 0 Å². The molecule has 0 unspecified atom stereocenters. The maximum atomic E-state index is 11.2. The third-order valence-electron chi connectivity index (χ3n) is 3.59. The van der Waals surface area contributed by atoms with E-state index in [0.717, 1.165) is 10.9 Å². The van der Waals surface area contributed by atoms with Gasteiger partial charge in [-0.3, -0.25) is 4.55 Å². The highest BCUT2D eigenvalue weighted by molar-refractivity contribution is 8.14. The Morgan fingerprint density at radius 2 is 1.26 bits per heavy atom. The van der Waals surface area contributed by atoms with Gasteiger partial charge in [0.15, 0.2) is 0 Å². The zero-order valence-electron chi connectivity index (χ0n) is 14.7. The van der Waals surface area contributed by atoms with Crippen molar-refractivity contribution in [1.82, 2.24) is 9.97 Å². The van der Waals surface area contributed by atoms with E-state index in [2.05, 4.69) is 20.7 Å². The van der Waals surface area contributed by atoms with Crippen molar-refractivity contribution in [2.75, 3.05) is 0 Å². The molecule has 4 rings (SSSR count). The molecule has 2 aromatic heterocycles. The Morgan fingerprint density at radius 1 is 0.742 bits per heavy atom. The minimum absolute atomic E-state index is 0.00210. The summed E-state index contributed by atoms with van der Waals surface area (Å²) >= 11 is 23.4. The van der Waals surface area contributed by atoms with Crippen molar-refractivity contribution in [2.45, 2.75) is 4.90 Å². The SMILES string of the molecule is Clc1ccc2cc[nH]c2c1Cl.O=S(=O)(Cl)c1c[nH]c2c(Cl)c(Cl)ccc12.O=S(=O)(O)Cl. The molecule has 0 saturated heterocycles. The molecule has 0 atom stereocenters. The van der Waals surface area contributed by atoms with Gasteiger partial charge in [-0.05, 0) is 24.3 Å². The van der Waals surface area contributed by atoms with Crippen LogP contribution in [0.4, 0.5) is 0 Å². The van der Waals surface area contributed by atoms with E-state index < -0.39 is 18.4 Å². The number of hydrogen-bond acceptors (Lipinski definition) is 4. The van der Waals surface area contributed by atoms with Crippen LogP contribution >= 0.6 is 67.8 Å². The number of rotatable bonds is 1. The molecule has 15 heteroatoms. The summed E-state index contributed by atoms with van der Waals surface area (Å²) in [6.07, 6.45) is 3.13. The van der Waals surface area contributed by atoms with Crippen molar-refractivity contribution in [3.05, 3.63) is 62.8 Å². The number of fused-ring (bicyclic) bond motifs is 2. The number of hydrogen-bond donors (Lipinski definition) is 3. The van der Waals surface area contributed by atoms with Crippen molar-refractivity contribution in [1.29, 1.82) is 0 Å². The summed E-state index contributed by atoms with van der Waals surface area (Å²) < 4.78 is 47.5. The number of halogens is 6. The second-order valence-electron chi connectivity index (χ2n) is 5.59. The van der Waals surface area contributed by atoms with E-state index >= 15 is 0 Å². The molecule has 168 valence electrons. The lowest BCUT2D eigenvalue weighted by Crippen LogP contribution is -1.87. The highest BCUT2D eigenvalue weighted by Gasteiger charge is 2.18. The summed E-state index contributed by atoms with van der Waals surface area (Å²) in [6.45, 7) is 0. The van der Waals surface area contributed by atoms with Gasteiger partial charge in [-0.2, -0.15) is 8.42 Å². The van der Waals surface area contributed by atoms with Crippen LogP contribution in [0.25, 0.3) is 21.8 Å². The molecule has 0 spiro atoms. The third kappa shape index (κ3) is 7.31. The molecule has 0 aliphatic rings. The fourth-order valence-electron chi connectivity index (χ4n) is 2.38. The van der Waals surface area contributed by atoms with E-state index in [0.29, 0.717) is 26.0 Å². The minimum Gasteiger partial charge on any atom is -0.360 e. The van der Waals surface area contributed by atoms with Crippen molar-refractivity contribution in [3.8, 4) is 0 Å². The maximum Gasteiger partial charge on any atom is 0.353 e. The van der Waals surface area contributed by atoms with E-state index in [1.54, 1.807) is 12.1 Å². The van der Waals surface area contributed by atoms with Gasteiger partial charge in [-0.15, -0.1) is 0 Å². The molecule has 2 heterocycles. The molecule has 0 radical (unpaired) electrons. The molecule has 0 bridgehead atoms. The van der Waals surface area contributed by atoms with Gasteiger partial charge in [0, 0.05) is 44.5 Å². The van der Waals surface area contributed by atoms with E-state index in [1.807, 2.05) is 18.3 Å². The van der Waals surface area contributed by atoms with Crippen LogP contribution in [0, 0.1) is 0 Å². The van der Waals surface area contributed by atoms with E-state index in [1.165, 1.54) is 12.3 Å². The summed E-state index contributed by atoms with van der Waals surface area (Å²) in [6, 6.07) is 8.75. The van der Waals surface area contributed by atoms with Crippen LogP contribution in [0.15, 0.2) is 47.6 Å². The standard InChI is InChI=1S/C8H4Cl3NO2S.C8H5Cl2N.ClHO3S/c9-5-2-1-4-6(15(11,13)14)3-12-8(4)7(5)10;9-6-2-1-5-3-4-11-8(5)7(6)10;1-5(2,3)4/h1-3,12H;1-4,11H;(H,2,3,4). The molecule has 0 fully saturated rings. The van der Waals surface area contributed by atoms with Gasteiger partial charge >= 0.3 is 9.33 Å². The lowest BCUT2D eigenvalue weighted by atomic mass is 10.2. The van der Waals surface area contributed by atoms with Crippen molar-refractivity contribution < 1.29 is 21.4 Å². The van der Waals surface area contributed by atoms with Crippen LogP contribution in [-0.4, -0.2) is 31.4 Å². The summed E-state index contributed by atoms with van der Waals surface area (Å²) in [4.78, 5) is 5.73. The summed E-state index contributed by atoms with van der Waals surface area (Å²) in [5.41, 5.74) is 1.36. The van der Waals surface area contributed by atoms with Crippen LogP contribution in [-0.2, 0) is 18.4 Å². The molecule has 0 amide bonds. The lowest BCUT2D eigenvalue weighted by Gasteiger charge is -1.97. The molecule has 0 aliphatic heterocycles. The largest absolute Gasteiger partial charge is 0.360 e. The Kier molecular flexibility index (Phi) is 8.82. The molecule has 31 heavy (non-hydrogen) atoms. The first-order chi connectivity index (χ1) is 14.2. The average molecular weight is 587 g/mol. The number of benzene rings is 2. The van der Waals surface area contributed by atoms with Gasteiger partial charge < -0.3 is 9.97 Å². The van der Waals surface area contributed by atoms with Gasteiger partial charge in [0.05, 0.1) is 31.1 Å². The Morgan fingerprint density at radius 3 is 1.81 bits per heavy atom. The van der Waals surface area contributed by atoms with Crippen LogP contribution in [0.5, 0.6) is 0 Å². The molecule has 2 aromatic carbocycles. The molecular weight excluding hydrogens is 577 g/mol. The molecule has 3 N–H and O–H groups in total. The fraction of sp³-hybridized carbons (Fsp3) is 0. The predicted octanol–water partition coefficient (Wildman–Crippen LogP) is 6.90. The monoisotopic (exact) mass is 584 g/mol. The Balaban J connectivity index is 0.000000187. The van der Waals surface area contributed by atoms with Gasteiger partial charge in [0.2, 0.25) is 0 Å². The fourth-order valence-corrected chi connectivity index (χ4v) is 4.16. The van der Waals surface area contributed by atoms with Gasteiger partial charge in [0.25, 0.3) is 9.05 Å². The van der Waals surface area contributed by atoms with Crippen molar-refractivity contribution in [2.24, 2.45) is 0 Å². The highest BCUT2D eigenvalue weighted by atomic mass is 35.7. The lowest BCUT2D eigenvalue weighted by molar-refractivity contribution is 0.501. The molecule has 4 aromatic rings. The second-order valence-corrected chi connectivity index (χ2v) is 11.7. The number of nitrogens with one attached hydrogen (secondary N) is 2. The molecule has 7 nitrogen and oxygen atoms in total. The smallest absolute Gasteiger partial charge is 0.353 e. The Bertz CT molecular complexity index is 1440. The van der Waals surface area contributed by atoms with Gasteiger partial charge in [-0.1, -0.05) is 52.5 Å². The topological polar surface area (TPSA) is 120 Å². The maximum absolute atomic E-state index is 11.2. The van der Waals surface area contributed by atoms with Crippen LogP contribution in [0.1, 0.15) is 0 Å². The average Bonchev–Trinajstić information content (AvgIpc) is 3.27. The molecule has 0 saturated carbocycles. The molecular formula is C16H10Cl6N2O5S2. The predicted molar refractivity (Wildman–Crippen MR) is 127 cm³/mol. The zero-order chi connectivity index (χ0) is 23.6. The van der Waals surface area contributed by atoms with Crippen LogP contribution in [0.2, 0.25) is 20.1 Å². The normalized spacial score (nSPS) is 11.6. The van der Waals surface area contributed by atoms with Gasteiger partial charge in [0.1, 0.15) is 4.90 Å². The zero-order valence-corrected chi connectivity index (χ0v) is 20.9. The highest BCUT2D eigenvalue weighted by Crippen LogP contribution is 2.34. The first-order valence-electron chi connectivity index (χ1n) is 7.68. The van der Waals surface area contributed by atoms with Crippen molar-refractivity contribution in [3.63, 3.8) is 0 Å². The summed E-state index contributed by atoms with van der Waals surface area (Å²) in [5.74, 6) is 0. The Hall–Kier alpha value is -0.880. The minimum atomic E-state index is -4.19. The van der Waals surface area contributed by atoms with Gasteiger partial charge in [-0.25, -0.2) is 8.42 Å². The number of H-pyrrole nitrogens is 2. The summed E-state index contributed by atoms with van der Waals surface area (Å²) in [7, 11) is 1.33. The number of aromatic nitrogens is 2. The van der Waals surface area contributed by atoms with Crippen molar-refractivity contribution >= 4 is 108 Å².